The van der Waals surface area contributed by atoms with Gasteiger partial charge in [0.05, 0.1) is 18.2 Å². The quantitative estimate of drug-likeness (QED) is 0.835. The molecule has 1 aromatic rings. The van der Waals surface area contributed by atoms with Gasteiger partial charge in [-0.3, -0.25) is 0 Å². The molecule has 1 N–H and O–H groups in total. The Hall–Kier alpha value is -0.990. The first-order chi connectivity index (χ1) is 6.65. The van der Waals surface area contributed by atoms with Gasteiger partial charge in [0.15, 0.2) is 0 Å². The van der Waals surface area contributed by atoms with Crippen LogP contribution >= 0.6 is 11.6 Å². The predicted molar refractivity (Wildman–Crippen MR) is 58.7 cm³/mol. The molecule has 0 radical (unpaired) electrons. The van der Waals surface area contributed by atoms with E-state index in [0.29, 0.717) is 10.8 Å². The maximum absolute atomic E-state index is 9.10. The number of ether oxygens (including phenoxy) is 1. The Morgan fingerprint density at radius 1 is 1.50 bits per heavy atom. The second kappa shape index (κ2) is 5.03. The van der Waals surface area contributed by atoms with Crippen molar-refractivity contribution in [3.63, 3.8) is 0 Å². The van der Waals surface area contributed by atoms with Crippen molar-refractivity contribution in [1.82, 2.24) is 0 Å². The maximum Gasteiger partial charge on any atom is 0.127 e. The van der Waals surface area contributed by atoms with Gasteiger partial charge < -0.3 is 9.84 Å². The van der Waals surface area contributed by atoms with Gasteiger partial charge in [-0.1, -0.05) is 29.8 Å². The molecule has 1 atom stereocenters. The zero-order chi connectivity index (χ0) is 10.6. The lowest BCUT2D eigenvalue weighted by Crippen LogP contribution is -1.93. The summed E-state index contributed by atoms with van der Waals surface area (Å²) in [6.07, 6.45) is 2.92. The molecule has 0 saturated heterocycles. The van der Waals surface area contributed by atoms with Gasteiger partial charge in [-0.05, 0) is 19.1 Å². The third kappa shape index (κ3) is 2.76. The van der Waals surface area contributed by atoms with E-state index in [1.165, 1.54) is 0 Å². The Morgan fingerprint density at radius 3 is 2.79 bits per heavy atom. The number of rotatable bonds is 3. The molecule has 0 amide bonds. The molecule has 0 fully saturated rings. The van der Waals surface area contributed by atoms with Crippen molar-refractivity contribution >= 4 is 17.7 Å². The topological polar surface area (TPSA) is 29.5 Å². The second-order valence-corrected chi connectivity index (χ2v) is 3.36. The molecular formula is C11H13ClO2. The van der Waals surface area contributed by atoms with E-state index in [4.69, 9.17) is 21.4 Å². The van der Waals surface area contributed by atoms with Crippen LogP contribution in [0.2, 0.25) is 5.02 Å². The van der Waals surface area contributed by atoms with Crippen LogP contribution in [0.3, 0.4) is 0 Å². The summed E-state index contributed by atoms with van der Waals surface area (Å²) in [5.74, 6) is 0.703. The van der Waals surface area contributed by atoms with Crippen molar-refractivity contribution in [2.75, 3.05) is 7.11 Å². The van der Waals surface area contributed by atoms with Crippen LogP contribution in [0.15, 0.2) is 24.3 Å². The van der Waals surface area contributed by atoms with E-state index in [0.717, 1.165) is 5.56 Å². The molecule has 76 valence electrons. The van der Waals surface area contributed by atoms with Gasteiger partial charge in [0.25, 0.3) is 0 Å². The van der Waals surface area contributed by atoms with Gasteiger partial charge in [-0.2, -0.15) is 0 Å². The highest BCUT2D eigenvalue weighted by Gasteiger charge is 2.03. The number of hydrogen-bond donors (Lipinski definition) is 1. The van der Waals surface area contributed by atoms with E-state index in [-0.39, 0.29) is 0 Å². The summed E-state index contributed by atoms with van der Waals surface area (Å²) in [6, 6.07) is 5.43. The number of halogens is 1. The van der Waals surface area contributed by atoms with E-state index < -0.39 is 6.10 Å². The standard InChI is InChI=1S/C11H13ClO2/c1-8(13)6-7-9-10(12)4-3-5-11(9)14-2/h3-8,13H,1-2H3/b7-6+. The molecule has 0 heterocycles. The Kier molecular flexibility index (Phi) is 3.98. The molecule has 3 heteroatoms. The molecule has 0 aliphatic heterocycles. The Labute approximate surface area is 88.8 Å². The van der Waals surface area contributed by atoms with Gasteiger partial charge in [0, 0.05) is 5.56 Å². The fourth-order valence-electron chi connectivity index (χ4n) is 1.09. The van der Waals surface area contributed by atoms with Gasteiger partial charge in [-0.25, -0.2) is 0 Å². The molecule has 2 nitrogen and oxygen atoms in total. The molecule has 0 saturated carbocycles. The Balaban J connectivity index is 3.05. The van der Waals surface area contributed by atoms with E-state index in [9.17, 15) is 0 Å². The van der Waals surface area contributed by atoms with Crippen molar-refractivity contribution in [2.45, 2.75) is 13.0 Å². The molecule has 0 bridgehead atoms. The van der Waals surface area contributed by atoms with Gasteiger partial charge in [-0.15, -0.1) is 0 Å². The average Bonchev–Trinajstić information content (AvgIpc) is 2.15. The minimum atomic E-state index is -0.490. The normalized spacial score (nSPS) is 13.1. The molecule has 0 aromatic heterocycles. The minimum absolute atomic E-state index is 0.490. The summed E-state index contributed by atoms with van der Waals surface area (Å²) in [5.41, 5.74) is 0.789. The highest BCUT2D eigenvalue weighted by molar-refractivity contribution is 6.32. The Bertz CT molecular complexity index is 332. The first kappa shape index (κ1) is 11.1. The molecule has 0 aliphatic rings. The summed E-state index contributed by atoms with van der Waals surface area (Å²) < 4.78 is 5.14. The maximum atomic E-state index is 9.10. The van der Waals surface area contributed by atoms with Crippen LogP contribution in [0.4, 0.5) is 0 Å². The number of aliphatic hydroxyl groups excluding tert-OH is 1. The molecule has 1 rings (SSSR count). The van der Waals surface area contributed by atoms with Gasteiger partial charge in [0.1, 0.15) is 5.75 Å². The van der Waals surface area contributed by atoms with Crippen molar-refractivity contribution in [3.8, 4) is 5.75 Å². The van der Waals surface area contributed by atoms with E-state index in [1.54, 1.807) is 32.3 Å². The number of methoxy groups -OCH3 is 1. The minimum Gasteiger partial charge on any atom is -0.496 e. The van der Waals surface area contributed by atoms with Crippen LogP contribution in [0.1, 0.15) is 12.5 Å². The summed E-state index contributed by atoms with van der Waals surface area (Å²) in [4.78, 5) is 0. The molecule has 0 spiro atoms. The number of hydrogen-bond acceptors (Lipinski definition) is 2. The van der Waals surface area contributed by atoms with E-state index in [1.807, 2.05) is 12.1 Å². The molecular weight excluding hydrogens is 200 g/mol. The lowest BCUT2D eigenvalue weighted by atomic mass is 10.1. The predicted octanol–water partition coefficient (Wildman–Crippen LogP) is 2.74. The average molecular weight is 213 g/mol. The molecule has 1 unspecified atom stereocenters. The first-order valence-electron chi connectivity index (χ1n) is 4.34. The lowest BCUT2D eigenvalue weighted by Gasteiger charge is -2.06. The molecule has 1 aromatic carbocycles. The fraction of sp³-hybridized carbons (Fsp3) is 0.273. The van der Waals surface area contributed by atoms with E-state index in [2.05, 4.69) is 0 Å². The SMILES string of the molecule is COc1cccc(Cl)c1/C=C/C(C)O. The molecule has 14 heavy (non-hydrogen) atoms. The van der Waals surface area contributed by atoms with Crippen LogP contribution in [0.5, 0.6) is 5.75 Å². The van der Waals surface area contributed by atoms with Gasteiger partial charge in [0.2, 0.25) is 0 Å². The highest BCUT2D eigenvalue weighted by Crippen LogP contribution is 2.27. The van der Waals surface area contributed by atoms with Gasteiger partial charge >= 0.3 is 0 Å². The smallest absolute Gasteiger partial charge is 0.127 e. The van der Waals surface area contributed by atoms with Crippen LogP contribution in [0, 0.1) is 0 Å². The third-order valence-electron chi connectivity index (χ3n) is 1.77. The number of benzene rings is 1. The van der Waals surface area contributed by atoms with Crippen molar-refractivity contribution < 1.29 is 9.84 Å². The Morgan fingerprint density at radius 2 is 2.21 bits per heavy atom. The van der Waals surface area contributed by atoms with E-state index >= 15 is 0 Å². The second-order valence-electron chi connectivity index (χ2n) is 2.96. The summed E-state index contributed by atoms with van der Waals surface area (Å²) in [5, 5.41) is 9.71. The zero-order valence-corrected chi connectivity index (χ0v) is 8.95. The fourth-order valence-corrected chi connectivity index (χ4v) is 1.32. The van der Waals surface area contributed by atoms with Crippen molar-refractivity contribution in [1.29, 1.82) is 0 Å². The van der Waals surface area contributed by atoms with Crippen molar-refractivity contribution in [3.05, 3.63) is 34.9 Å². The number of aliphatic hydroxyl groups is 1. The summed E-state index contributed by atoms with van der Waals surface area (Å²) in [7, 11) is 1.59. The van der Waals surface area contributed by atoms with Crippen LogP contribution in [0.25, 0.3) is 6.08 Å². The summed E-state index contributed by atoms with van der Waals surface area (Å²) in [6.45, 7) is 1.68. The first-order valence-corrected chi connectivity index (χ1v) is 4.71. The van der Waals surface area contributed by atoms with Crippen molar-refractivity contribution in [2.24, 2.45) is 0 Å². The zero-order valence-electron chi connectivity index (χ0n) is 8.20. The van der Waals surface area contributed by atoms with Crippen LogP contribution in [-0.2, 0) is 0 Å². The monoisotopic (exact) mass is 212 g/mol. The van der Waals surface area contributed by atoms with Crippen LogP contribution in [-0.4, -0.2) is 18.3 Å². The third-order valence-corrected chi connectivity index (χ3v) is 2.10. The van der Waals surface area contributed by atoms with Crippen LogP contribution < -0.4 is 4.74 Å². The largest absolute Gasteiger partial charge is 0.496 e. The summed E-state index contributed by atoms with van der Waals surface area (Å²) >= 11 is 5.98. The highest BCUT2D eigenvalue weighted by atomic mass is 35.5. The molecule has 0 aliphatic carbocycles. The lowest BCUT2D eigenvalue weighted by molar-refractivity contribution is 0.245.